The largest absolute Gasteiger partial charge is 0.478 e. The fourth-order valence-corrected chi connectivity index (χ4v) is 1.79. The molecule has 0 unspecified atom stereocenters. The summed E-state index contributed by atoms with van der Waals surface area (Å²) in [5.41, 5.74) is 3.06. The van der Waals surface area contributed by atoms with Crippen LogP contribution in [0.1, 0.15) is 31.4 Å². The molecular formula is C14H18O2. The molecule has 0 spiro atoms. The quantitative estimate of drug-likeness (QED) is 0.770. The summed E-state index contributed by atoms with van der Waals surface area (Å²) >= 11 is 0. The number of rotatable bonds is 5. The first-order chi connectivity index (χ1) is 7.69. The van der Waals surface area contributed by atoms with Crippen molar-refractivity contribution in [3.8, 4) is 0 Å². The summed E-state index contributed by atoms with van der Waals surface area (Å²) in [5.74, 6) is -0.809. The maximum Gasteiger partial charge on any atom is 0.331 e. The zero-order chi connectivity index (χ0) is 12.0. The average molecular weight is 218 g/mol. The topological polar surface area (TPSA) is 37.3 Å². The van der Waals surface area contributed by atoms with Crippen molar-refractivity contribution in [1.82, 2.24) is 0 Å². The first kappa shape index (κ1) is 12.5. The Bertz CT molecular complexity index is 391. The van der Waals surface area contributed by atoms with Crippen LogP contribution in [0.25, 0.3) is 0 Å². The Morgan fingerprint density at radius 1 is 1.31 bits per heavy atom. The fraction of sp³-hybridized carbons (Fsp3) is 0.357. The van der Waals surface area contributed by atoms with Crippen molar-refractivity contribution >= 4 is 5.97 Å². The molecule has 0 saturated heterocycles. The maximum absolute atomic E-state index is 10.8. The molecule has 1 N–H and O–H groups in total. The second-order valence-corrected chi connectivity index (χ2v) is 3.74. The van der Waals surface area contributed by atoms with Crippen molar-refractivity contribution in [3.63, 3.8) is 0 Å². The van der Waals surface area contributed by atoms with Gasteiger partial charge in [-0.25, -0.2) is 4.79 Å². The van der Waals surface area contributed by atoms with Crippen LogP contribution in [0, 0.1) is 0 Å². The van der Waals surface area contributed by atoms with E-state index in [-0.39, 0.29) is 0 Å². The molecule has 1 aromatic rings. The summed E-state index contributed by atoms with van der Waals surface area (Å²) in [6.45, 7) is 3.89. The molecule has 0 amide bonds. The van der Waals surface area contributed by atoms with Crippen LogP contribution < -0.4 is 0 Å². The van der Waals surface area contributed by atoms with Crippen LogP contribution in [-0.2, 0) is 17.6 Å². The highest BCUT2D eigenvalue weighted by molar-refractivity contribution is 5.86. The van der Waals surface area contributed by atoms with E-state index >= 15 is 0 Å². The van der Waals surface area contributed by atoms with Gasteiger partial charge >= 0.3 is 5.97 Å². The molecule has 0 radical (unpaired) electrons. The van der Waals surface area contributed by atoms with E-state index in [2.05, 4.69) is 19.1 Å². The Kier molecular flexibility index (Phi) is 4.77. The normalized spacial score (nSPS) is 11.5. The predicted molar refractivity (Wildman–Crippen MR) is 65.5 cm³/mol. The standard InChI is InChI=1S/C14H18O2/c1-3-11-7-5-6-8-13(11)10-9-12(4-2)14(15)16/h4-8H,3,9-10H2,1-2H3,(H,15,16)/b12-4+. The lowest BCUT2D eigenvalue weighted by Crippen LogP contribution is -2.02. The summed E-state index contributed by atoms with van der Waals surface area (Å²) < 4.78 is 0. The SMILES string of the molecule is C/C=C(\CCc1ccccc1CC)C(=O)O. The van der Waals surface area contributed by atoms with Crippen LogP contribution in [0.5, 0.6) is 0 Å². The number of aryl methyl sites for hydroxylation is 2. The second kappa shape index (κ2) is 6.11. The van der Waals surface area contributed by atoms with E-state index in [0.29, 0.717) is 12.0 Å². The summed E-state index contributed by atoms with van der Waals surface area (Å²) in [6.07, 6.45) is 4.07. The van der Waals surface area contributed by atoms with E-state index in [4.69, 9.17) is 5.11 Å². The molecule has 0 bridgehead atoms. The van der Waals surface area contributed by atoms with Gasteiger partial charge in [-0.15, -0.1) is 0 Å². The highest BCUT2D eigenvalue weighted by Gasteiger charge is 2.07. The zero-order valence-electron chi connectivity index (χ0n) is 9.86. The molecule has 1 rings (SSSR count). The van der Waals surface area contributed by atoms with Crippen molar-refractivity contribution in [2.45, 2.75) is 33.1 Å². The van der Waals surface area contributed by atoms with Gasteiger partial charge in [0.2, 0.25) is 0 Å². The molecule has 0 aromatic heterocycles. The van der Waals surface area contributed by atoms with E-state index in [1.807, 2.05) is 12.1 Å². The van der Waals surface area contributed by atoms with Crippen LogP contribution >= 0.6 is 0 Å². The monoisotopic (exact) mass is 218 g/mol. The Hall–Kier alpha value is -1.57. The maximum atomic E-state index is 10.8. The molecule has 0 saturated carbocycles. The Labute approximate surface area is 96.6 Å². The molecular weight excluding hydrogens is 200 g/mol. The lowest BCUT2D eigenvalue weighted by molar-refractivity contribution is -0.132. The van der Waals surface area contributed by atoms with E-state index in [0.717, 1.165) is 12.8 Å². The highest BCUT2D eigenvalue weighted by Crippen LogP contribution is 2.14. The van der Waals surface area contributed by atoms with Crippen molar-refractivity contribution in [2.75, 3.05) is 0 Å². The van der Waals surface area contributed by atoms with Gasteiger partial charge in [-0.3, -0.25) is 0 Å². The van der Waals surface area contributed by atoms with Gasteiger partial charge in [-0.2, -0.15) is 0 Å². The van der Waals surface area contributed by atoms with Gasteiger partial charge in [-0.1, -0.05) is 37.3 Å². The number of carboxylic acids is 1. The van der Waals surface area contributed by atoms with Gasteiger partial charge in [0, 0.05) is 5.57 Å². The number of aliphatic carboxylic acids is 1. The van der Waals surface area contributed by atoms with E-state index in [1.54, 1.807) is 13.0 Å². The Morgan fingerprint density at radius 2 is 1.94 bits per heavy atom. The Morgan fingerprint density at radius 3 is 2.44 bits per heavy atom. The van der Waals surface area contributed by atoms with Crippen LogP contribution in [0.4, 0.5) is 0 Å². The third kappa shape index (κ3) is 3.23. The minimum absolute atomic E-state index is 0.492. The number of allylic oxidation sites excluding steroid dienone is 1. The van der Waals surface area contributed by atoms with Gasteiger partial charge in [0.25, 0.3) is 0 Å². The first-order valence-electron chi connectivity index (χ1n) is 5.64. The number of carboxylic acid groups (broad SMARTS) is 1. The third-order valence-corrected chi connectivity index (χ3v) is 2.79. The molecule has 2 heteroatoms. The minimum atomic E-state index is -0.809. The van der Waals surface area contributed by atoms with Gasteiger partial charge in [0.05, 0.1) is 0 Å². The molecule has 0 aliphatic carbocycles. The van der Waals surface area contributed by atoms with Gasteiger partial charge in [0.15, 0.2) is 0 Å². The molecule has 0 fully saturated rings. The molecule has 0 heterocycles. The highest BCUT2D eigenvalue weighted by atomic mass is 16.4. The fourth-order valence-electron chi connectivity index (χ4n) is 1.79. The smallest absolute Gasteiger partial charge is 0.331 e. The molecule has 0 atom stereocenters. The number of benzene rings is 1. The molecule has 2 nitrogen and oxygen atoms in total. The van der Waals surface area contributed by atoms with Crippen molar-refractivity contribution in [1.29, 1.82) is 0 Å². The lowest BCUT2D eigenvalue weighted by atomic mass is 9.98. The molecule has 1 aromatic carbocycles. The van der Waals surface area contributed by atoms with Crippen molar-refractivity contribution < 1.29 is 9.90 Å². The van der Waals surface area contributed by atoms with Gasteiger partial charge in [-0.05, 0) is 37.3 Å². The molecule has 0 aliphatic heterocycles. The predicted octanol–water partition coefficient (Wildman–Crippen LogP) is 3.21. The second-order valence-electron chi connectivity index (χ2n) is 3.74. The van der Waals surface area contributed by atoms with E-state index < -0.39 is 5.97 Å². The number of hydrogen-bond donors (Lipinski definition) is 1. The lowest BCUT2D eigenvalue weighted by Gasteiger charge is -2.07. The first-order valence-corrected chi connectivity index (χ1v) is 5.64. The summed E-state index contributed by atoms with van der Waals surface area (Å²) in [5, 5.41) is 8.91. The van der Waals surface area contributed by atoms with Gasteiger partial charge < -0.3 is 5.11 Å². The van der Waals surface area contributed by atoms with Gasteiger partial charge in [0.1, 0.15) is 0 Å². The molecule has 0 aliphatic rings. The van der Waals surface area contributed by atoms with Crippen LogP contribution in [-0.4, -0.2) is 11.1 Å². The van der Waals surface area contributed by atoms with Crippen LogP contribution in [0.2, 0.25) is 0 Å². The summed E-state index contributed by atoms with van der Waals surface area (Å²) in [6, 6.07) is 8.21. The number of hydrogen-bond acceptors (Lipinski definition) is 1. The zero-order valence-corrected chi connectivity index (χ0v) is 9.86. The average Bonchev–Trinajstić information content (AvgIpc) is 2.30. The molecule has 86 valence electrons. The minimum Gasteiger partial charge on any atom is -0.478 e. The number of carbonyl (C=O) groups is 1. The summed E-state index contributed by atoms with van der Waals surface area (Å²) in [4.78, 5) is 10.8. The van der Waals surface area contributed by atoms with E-state index in [1.165, 1.54) is 11.1 Å². The van der Waals surface area contributed by atoms with E-state index in [9.17, 15) is 4.79 Å². The third-order valence-electron chi connectivity index (χ3n) is 2.79. The summed E-state index contributed by atoms with van der Waals surface area (Å²) in [7, 11) is 0. The molecule has 16 heavy (non-hydrogen) atoms. The van der Waals surface area contributed by atoms with Crippen molar-refractivity contribution in [3.05, 3.63) is 47.0 Å². The van der Waals surface area contributed by atoms with Crippen LogP contribution in [0.3, 0.4) is 0 Å². The van der Waals surface area contributed by atoms with Crippen molar-refractivity contribution in [2.24, 2.45) is 0 Å². The van der Waals surface area contributed by atoms with Crippen LogP contribution in [0.15, 0.2) is 35.9 Å². The Balaban J connectivity index is 2.71.